The zero-order chi connectivity index (χ0) is 31.9. The van der Waals surface area contributed by atoms with E-state index < -0.39 is 0 Å². The second kappa shape index (κ2) is 12.3. The van der Waals surface area contributed by atoms with Gasteiger partial charge >= 0.3 is 0 Å². The van der Waals surface area contributed by atoms with E-state index in [2.05, 4.69) is 130 Å². The van der Waals surface area contributed by atoms with Crippen molar-refractivity contribution in [3.05, 3.63) is 119 Å². The molecule has 0 fully saturated rings. The Morgan fingerprint density at radius 3 is 2.48 bits per heavy atom. The molecule has 1 aliphatic rings. The molecule has 234 valence electrons. The molecule has 0 aliphatic heterocycles. The zero-order valence-electron chi connectivity index (χ0n) is 27.9. The number of nitrogens with zero attached hydrogens (tertiary/aromatic N) is 4. The average molecular weight is 609 g/mol. The first-order valence-corrected chi connectivity index (χ1v) is 16.8. The molecule has 7 rings (SSSR count). The molecule has 0 saturated carbocycles. The number of rotatable bonds is 8. The number of unbranched alkanes of at least 4 members (excludes halogenated alkanes) is 1. The van der Waals surface area contributed by atoms with Crippen LogP contribution < -0.4 is 4.74 Å². The molecule has 0 spiro atoms. The van der Waals surface area contributed by atoms with Crippen LogP contribution in [0, 0.1) is 25.7 Å². The molecule has 1 aliphatic carbocycles. The van der Waals surface area contributed by atoms with Gasteiger partial charge in [0.1, 0.15) is 17.3 Å². The molecule has 6 aromatic rings. The van der Waals surface area contributed by atoms with Gasteiger partial charge in [0.2, 0.25) is 0 Å². The highest BCUT2D eigenvalue weighted by atomic mass is 16.5. The predicted octanol–water partition coefficient (Wildman–Crippen LogP) is 10.8. The fourth-order valence-corrected chi connectivity index (χ4v) is 7.85. The molecule has 0 N–H and O–H groups in total. The van der Waals surface area contributed by atoms with Crippen molar-refractivity contribution >= 4 is 21.8 Å². The summed E-state index contributed by atoms with van der Waals surface area (Å²) in [4.78, 5) is 4.82. The molecule has 3 aromatic heterocycles. The summed E-state index contributed by atoms with van der Waals surface area (Å²) < 4.78 is 10.9. The van der Waals surface area contributed by atoms with E-state index >= 15 is 0 Å². The van der Waals surface area contributed by atoms with Crippen LogP contribution in [0.25, 0.3) is 33.3 Å². The SMILES string of the molecule is CCCCc1ccnc(-n2c3ccccc3c3ccc(Oc4cccc(-n5nc(C)c([C@@H]6C(C)=CC(C)C[C@@H]6C)c5C)c4)cc32)c1. The van der Waals surface area contributed by atoms with E-state index in [0.717, 1.165) is 46.2 Å². The summed E-state index contributed by atoms with van der Waals surface area (Å²) in [5, 5.41) is 7.44. The fourth-order valence-electron chi connectivity index (χ4n) is 7.85. The highest BCUT2D eigenvalue weighted by Gasteiger charge is 2.31. The van der Waals surface area contributed by atoms with Crippen LogP contribution in [0.5, 0.6) is 11.5 Å². The molecule has 0 saturated heterocycles. The zero-order valence-corrected chi connectivity index (χ0v) is 27.9. The number of aromatic nitrogens is 4. The molecular formula is C41H44N4O. The Kier molecular flexibility index (Phi) is 8.02. The summed E-state index contributed by atoms with van der Waals surface area (Å²) in [6, 6.07) is 27.6. The maximum Gasteiger partial charge on any atom is 0.137 e. The van der Waals surface area contributed by atoms with Gasteiger partial charge in [-0.05, 0) is 99.9 Å². The van der Waals surface area contributed by atoms with E-state index in [1.165, 1.54) is 52.4 Å². The van der Waals surface area contributed by atoms with E-state index in [1.54, 1.807) is 0 Å². The Balaban J connectivity index is 1.25. The van der Waals surface area contributed by atoms with E-state index in [-0.39, 0.29) is 0 Å². The number of para-hydroxylation sites is 1. The molecule has 0 amide bonds. The first-order valence-electron chi connectivity index (χ1n) is 16.8. The molecule has 5 heteroatoms. The van der Waals surface area contributed by atoms with Gasteiger partial charge in [-0.25, -0.2) is 9.67 Å². The quantitative estimate of drug-likeness (QED) is 0.162. The Labute approximate surface area is 272 Å². The number of benzene rings is 3. The summed E-state index contributed by atoms with van der Waals surface area (Å²) >= 11 is 0. The average Bonchev–Trinajstić information content (AvgIpc) is 3.53. The number of ether oxygens (including phenoxy) is 1. The lowest BCUT2D eigenvalue weighted by Crippen LogP contribution is -2.20. The van der Waals surface area contributed by atoms with Crippen molar-refractivity contribution in [1.29, 1.82) is 0 Å². The minimum absolute atomic E-state index is 0.407. The Bertz CT molecular complexity index is 2080. The van der Waals surface area contributed by atoms with Crippen molar-refractivity contribution in [2.45, 2.75) is 73.1 Å². The summed E-state index contributed by atoms with van der Waals surface area (Å²) in [6.07, 6.45) is 8.99. The molecule has 5 nitrogen and oxygen atoms in total. The third-order valence-electron chi connectivity index (χ3n) is 9.81. The van der Waals surface area contributed by atoms with Crippen molar-refractivity contribution < 1.29 is 4.74 Å². The fraction of sp³-hybridized carbons (Fsp3) is 0.317. The van der Waals surface area contributed by atoms with Crippen molar-refractivity contribution in [3.63, 3.8) is 0 Å². The predicted molar refractivity (Wildman–Crippen MR) is 190 cm³/mol. The summed E-state index contributed by atoms with van der Waals surface area (Å²) in [5.41, 5.74) is 9.68. The monoisotopic (exact) mass is 608 g/mol. The normalized spacial score (nSPS) is 18.3. The van der Waals surface area contributed by atoms with Crippen molar-refractivity contribution in [3.8, 4) is 23.0 Å². The van der Waals surface area contributed by atoms with Crippen LogP contribution in [0.3, 0.4) is 0 Å². The highest BCUT2D eigenvalue weighted by Crippen LogP contribution is 2.43. The van der Waals surface area contributed by atoms with Crippen LogP contribution in [0.1, 0.15) is 75.4 Å². The van der Waals surface area contributed by atoms with Gasteiger partial charge in [0.25, 0.3) is 0 Å². The van der Waals surface area contributed by atoms with Gasteiger partial charge in [0, 0.05) is 46.3 Å². The third-order valence-corrected chi connectivity index (χ3v) is 9.81. The first-order chi connectivity index (χ1) is 22.3. The lowest BCUT2D eigenvalue weighted by atomic mass is 9.72. The van der Waals surface area contributed by atoms with Crippen molar-refractivity contribution in [2.24, 2.45) is 11.8 Å². The Morgan fingerprint density at radius 2 is 1.65 bits per heavy atom. The topological polar surface area (TPSA) is 44.9 Å². The molecule has 3 atom stereocenters. The van der Waals surface area contributed by atoms with E-state index in [9.17, 15) is 0 Å². The smallest absolute Gasteiger partial charge is 0.137 e. The molecule has 0 bridgehead atoms. The third kappa shape index (κ3) is 5.42. The van der Waals surface area contributed by atoms with E-state index in [0.29, 0.717) is 17.8 Å². The maximum atomic E-state index is 6.57. The highest BCUT2D eigenvalue weighted by molar-refractivity contribution is 6.09. The number of hydrogen-bond acceptors (Lipinski definition) is 3. The molecule has 3 heterocycles. The molecule has 3 aromatic carbocycles. The number of allylic oxidation sites excluding steroid dienone is 2. The van der Waals surface area contributed by atoms with Crippen LogP contribution in [0.4, 0.5) is 0 Å². The van der Waals surface area contributed by atoms with E-state index in [1.807, 2.05) is 12.3 Å². The second-order valence-corrected chi connectivity index (χ2v) is 13.3. The maximum absolute atomic E-state index is 6.57. The molecular weight excluding hydrogens is 564 g/mol. The van der Waals surface area contributed by atoms with Crippen LogP contribution in [0.2, 0.25) is 0 Å². The Hall–Kier alpha value is -4.64. The summed E-state index contributed by atoms with van der Waals surface area (Å²) in [6.45, 7) is 13.6. The minimum atomic E-state index is 0.407. The largest absolute Gasteiger partial charge is 0.457 e. The molecule has 1 unspecified atom stereocenters. The van der Waals surface area contributed by atoms with Gasteiger partial charge in [0.05, 0.1) is 22.4 Å². The summed E-state index contributed by atoms with van der Waals surface area (Å²) in [5.74, 6) is 4.13. The first kappa shape index (κ1) is 30.0. The number of pyridine rings is 1. The van der Waals surface area contributed by atoms with Crippen LogP contribution in [-0.4, -0.2) is 19.3 Å². The lowest BCUT2D eigenvalue weighted by molar-refractivity contribution is 0.390. The Morgan fingerprint density at radius 1 is 0.848 bits per heavy atom. The van der Waals surface area contributed by atoms with E-state index in [4.69, 9.17) is 14.8 Å². The van der Waals surface area contributed by atoms with Gasteiger partial charge in [-0.15, -0.1) is 0 Å². The van der Waals surface area contributed by atoms with Gasteiger partial charge < -0.3 is 4.74 Å². The number of fused-ring (bicyclic) bond motifs is 3. The second-order valence-electron chi connectivity index (χ2n) is 13.3. The van der Waals surface area contributed by atoms with Gasteiger partial charge in [-0.2, -0.15) is 5.10 Å². The standard InChI is InChI=1S/C41H44N4O/c1-7-8-12-31-19-20-42-39(23-31)44-37-16-10-9-15-35(37)36-18-17-34(25-38(36)44)46-33-14-11-13-32(24-33)45-30(6)41(29(5)43-45)40-27(3)21-26(2)22-28(40)4/h9-11,13-21,23-26,28,40H,7-8,12,22H2,1-6H3/t26?,28-,40+/m0/s1. The molecule has 46 heavy (non-hydrogen) atoms. The van der Waals surface area contributed by atoms with Crippen LogP contribution in [-0.2, 0) is 6.42 Å². The van der Waals surface area contributed by atoms with Gasteiger partial charge in [0.15, 0.2) is 0 Å². The number of hydrogen-bond donors (Lipinski definition) is 0. The van der Waals surface area contributed by atoms with Crippen LogP contribution >= 0.6 is 0 Å². The summed E-state index contributed by atoms with van der Waals surface area (Å²) in [7, 11) is 0. The van der Waals surface area contributed by atoms with Crippen molar-refractivity contribution in [2.75, 3.05) is 0 Å². The minimum Gasteiger partial charge on any atom is -0.457 e. The van der Waals surface area contributed by atoms with Gasteiger partial charge in [-0.1, -0.05) is 63.1 Å². The molecule has 0 radical (unpaired) electrons. The van der Waals surface area contributed by atoms with Crippen molar-refractivity contribution in [1.82, 2.24) is 19.3 Å². The number of aryl methyl sites for hydroxylation is 2. The van der Waals surface area contributed by atoms with Gasteiger partial charge in [-0.3, -0.25) is 4.57 Å². The van der Waals surface area contributed by atoms with Crippen LogP contribution in [0.15, 0.2) is 96.7 Å². The lowest BCUT2D eigenvalue weighted by Gasteiger charge is -2.32.